The summed E-state index contributed by atoms with van der Waals surface area (Å²) < 4.78 is 100. The zero-order valence-electron chi connectivity index (χ0n) is 8.61. The van der Waals surface area contributed by atoms with Gasteiger partial charge >= 0.3 is 18.3 Å². The highest BCUT2D eigenvalue weighted by molar-refractivity contribution is 5.75. The molecule has 0 aromatic carbocycles. The molecule has 1 atom stereocenters. The number of carboxylic acids is 1. The molecule has 10 heteroatoms. The van der Waals surface area contributed by atoms with Crippen LogP contribution in [0.5, 0.6) is 0 Å². The minimum absolute atomic E-state index is 0.620. The monoisotopic (exact) mass is 296 g/mol. The van der Waals surface area contributed by atoms with Crippen molar-refractivity contribution in [3.8, 4) is 0 Å². The lowest BCUT2D eigenvalue weighted by Gasteiger charge is -2.28. The lowest BCUT2D eigenvalue weighted by molar-refractivity contribution is -0.151. The van der Waals surface area contributed by atoms with Gasteiger partial charge in [0.2, 0.25) is 0 Å². The molecule has 108 valence electrons. The van der Waals surface area contributed by atoms with Crippen molar-refractivity contribution in [2.24, 2.45) is 5.92 Å². The van der Waals surface area contributed by atoms with E-state index in [-0.39, 0.29) is 0 Å². The van der Waals surface area contributed by atoms with Crippen LogP contribution in [-0.2, 0) is 4.79 Å². The molecule has 0 saturated carbocycles. The van der Waals surface area contributed by atoms with E-state index in [4.69, 9.17) is 5.11 Å². The number of aliphatic carboxylic acids is 1. The minimum atomic E-state index is -5.67. The molecule has 1 aliphatic carbocycles. The second-order valence-corrected chi connectivity index (χ2v) is 3.62. The third kappa shape index (κ3) is 3.04. The normalized spacial score (nSPS) is 23.7. The number of halogens is 8. The fourth-order valence-corrected chi connectivity index (χ4v) is 1.45. The standard InChI is InChI=1S/C9H4F8O2/c10-7(11)2-5(9(15,16)17)3(8(12,13)14)1-4(7)6(18)19/h1-2,4H,(H,18,19). The first-order chi connectivity index (χ1) is 8.27. The second-order valence-electron chi connectivity index (χ2n) is 3.62. The van der Waals surface area contributed by atoms with Crippen LogP contribution >= 0.6 is 0 Å². The highest BCUT2D eigenvalue weighted by Gasteiger charge is 2.55. The van der Waals surface area contributed by atoms with Crippen molar-refractivity contribution in [2.45, 2.75) is 18.3 Å². The molecule has 19 heavy (non-hydrogen) atoms. The summed E-state index contributed by atoms with van der Waals surface area (Å²) in [5, 5.41) is 8.34. The predicted octanol–water partition coefficient (Wildman–Crippen LogP) is 3.31. The molecular weight excluding hydrogens is 292 g/mol. The van der Waals surface area contributed by atoms with Gasteiger partial charge in [0.05, 0.1) is 11.1 Å². The topological polar surface area (TPSA) is 37.3 Å². The van der Waals surface area contributed by atoms with Gasteiger partial charge in [0.15, 0.2) is 0 Å². The van der Waals surface area contributed by atoms with Crippen molar-refractivity contribution in [1.29, 1.82) is 0 Å². The van der Waals surface area contributed by atoms with Gasteiger partial charge in [-0.1, -0.05) is 6.08 Å². The summed E-state index contributed by atoms with van der Waals surface area (Å²) in [6, 6.07) is 0. The Balaban J connectivity index is 3.47. The van der Waals surface area contributed by atoms with Crippen LogP contribution < -0.4 is 0 Å². The number of hydrogen-bond donors (Lipinski definition) is 1. The van der Waals surface area contributed by atoms with E-state index in [2.05, 4.69) is 0 Å². The number of hydrogen-bond acceptors (Lipinski definition) is 1. The fraction of sp³-hybridized carbons (Fsp3) is 0.444. The van der Waals surface area contributed by atoms with Crippen molar-refractivity contribution in [3.63, 3.8) is 0 Å². The number of alkyl halides is 8. The van der Waals surface area contributed by atoms with Crippen LogP contribution in [0.2, 0.25) is 0 Å². The van der Waals surface area contributed by atoms with Gasteiger partial charge in [0, 0.05) is 0 Å². The number of allylic oxidation sites excluding steroid dienone is 3. The van der Waals surface area contributed by atoms with Gasteiger partial charge in [-0.05, 0) is 6.08 Å². The van der Waals surface area contributed by atoms with Crippen molar-refractivity contribution in [2.75, 3.05) is 0 Å². The van der Waals surface area contributed by atoms with E-state index in [1.807, 2.05) is 0 Å². The third-order valence-corrected chi connectivity index (χ3v) is 2.25. The van der Waals surface area contributed by atoms with E-state index < -0.39 is 53.5 Å². The molecule has 0 amide bonds. The minimum Gasteiger partial charge on any atom is -0.481 e. The summed E-state index contributed by atoms with van der Waals surface area (Å²) in [5.41, 5.74) is -5.03. The SMILES string of the molecule is O=C(O)C1C=C(C(F)(F)F)C(C(F)(F)F)=CC1(F)F. The number of carboxylic acid groups (broad SMARTS) is 1. The Morgan fingerprint density at radius 3 is 1.79 bits per heavy atom. The van der Waals surface area contributed by atoms with Gasteiger partial charge in [-0.15, -0.1) is 0 Å². The number of carbonyl (C=O) groups is 1. The average Bonchev–Trinajstić information content (AvgIpc) is 2.11. The molecule has 2 nitrogen and oxygen atoms in total. The van der Waals surface area contributed by atoms with Gasteiger partial charge in [-0.3, -0.25) is 4.79 Å². The third-order valence-electron chi connectivity index (χ3n) is 2.25. The van der Waals surface area contributed by atoms with Gasteiger partial charge in [0.25, 0.3) is 5.92 Å². The van der Waals surface area contributed by atoms with Gasteiger partial charge in [-0.25, -0.2) is 8.78 Å². The van der Waals surface area contributed by atoms with Crippen molar-refractivity contribution >= 4 is 5.97 Å². The summed E-state index contributed by atoms with van der Waals surface area (Å²) >= 11 is 0. The van der Waals surface area contributed by atoms with E-state index in [9.17, 15) is 39.9 Å². The van der Waals surface area contributed by atoms with E-state index in [0.29, 0.717) is 0 Å². The van der Waals surface area contributed by atoms with E-state index >= 15 is 0 Å². The van der Waals surface area contributed by atoms with Crippen molar-refractivity contribution in [1.82, 2.24) is 0 Å². The zero-order chi connectivity index (χ0) is 15.2. The smallest absolute Gasteiger partial charge is 0.416 e. The molecule has 0 saturated heterocycles. The van der Waals surface area contributed by atoms with Crippen LogP contribution in [0.3, 0.4) is 0 Å². The maximum Gasteiger partial charge on any atom is 0.416 e. The molecule has 0 fully saturated rings. The molecular formula is C9H4F8O2. The van der Waals surface area contributed by atoms with Crippen LogP contribution in [0.25, 0.3) is 0 Å². The summed E-state index contributed by atoms with van der Waals surface area (Å²) in [6.07, 6.45) is -12.9. The maximum absolute atomic E-state index is 13.1. The first-order valence-electron chi connectivity index (χ1n) is 4.47. The Kier molecular flexibility index (Phi) is 3.42. The van der Waals surface area contributed by atoms with E-state index in [0.717, 1.165) is 0 Å². The van der Waals surface area contributed by atoms with E-state index in [1.54, 1.807) is 0 Å². The molecule has 1 aliphatic rings. The molecule has 0 bridgehead atoms. The lowest BCUT2D eigenvalue weighted by atomic mass is 9.87. The lowest BCUT2D eigenvalue weighted by Crippen LogP contribution is -2.38. The highest BCUT2D eigenvalue weighted by atomic mass is 19.4. The summed E-state index contributed by atoms with van der Waals surface area (Å²) in [5.74, 6) is -9.93. The Labute approximate surface area is 99.6 Å². The van der Waals surface area contributed by atoms with E-state index in [1.165, 1.54) is 0 Å². The van der Waals surface area contributed by atoms with Crippen LogP contribution in [0.15, 0.2) is 23.3 Å². The van der Waals surface area contributed by atoms with Crippen LogP contribution in [0.1, 0.15) is 0 Å². The molecule has 0 aromatic rings. The van der Waals surface area contributed by atoms with Gasteiger partial charge < -0.3 is 5.11 Å². The van der Waals surface area contributed by atoms with Crippen molar-refractivity contribution < 1.29 is 45.0 Å². The molecule has 0 radical (unpaired) electrons. The van der Waals surface area contributed by atoms with Gasteiger partial charge in [-0.2, -0.15) is 26.3 Å². The summed E-state index contributed by atoms with van der Waals surface area (Å²) in [6.45, 7) is 0. The first-order valence-corrected chi connectivity index (χ1v) is 4.47. The van der Waals surface area contributed by atoms with Gasteiger partial charge in [0.1, 0.15) is 5.92 Å². The summed E-state index contributed by atoms with van der Waals surface area (Å²) in [4.78, 5) is 10.4. The zero-order valence-corrected chi connectivity index (χ0v) is 8.61. The Hall–Kier alpha value is -1.61. The Bertz CT molecular complexity index is 454. The quantitative estimate of drug-likeness (QED) is 0.754. The molecule has 1 rings (SSSR count). The maximum atomic E-state index is 13.1. The molecule has 0 aromatic heterocycles. The predicted molar refractivity (Wildman–Crippen MR) is 44.3 cm³/mol. The largest absolute Gasteiger partial charge is 0.481 e. The Morgan fingerprint density at radius 1 is 1.05 bits per heavy atom. The number of rotatable bonds is 1. The summed E-state index contributed by atoms with van der Waals surface area (Å²) in [7, 11) is 0. The average molecular weight is 296 g/mol. The Morgan fingerprint density at radius 2 is 1.47 bits per heavy atom. The molecule has 1 unspecified atom stereocenters. The molecule has 0 spiro atoms. The van der Waals surface area contributed by atoms with Crippen LogP contribution in [0, 0.1) is 5.92 Å². The van der Waals surface area contributed by atoms with Crippen LogP contribution in [-0.4, -0.2) is 29.4 Å². The second kappa shape index (κ2) is 4.20. The van der Waals surface area contributed by atoms with Crippen LogP contribution in [0.4, 0.5) is 35.1 Å². The molecule has 0 aliphatic heterocycles. The van der Waals surface area contributed by atoms with Crippen molar-refractivity contribution in [3.05, 3.63) is 23.3 Å². The first kappa shape index (κ1) is 15.4. The molecule has 1 N–H and O–H groups in total. The molecule has 0 heterocycles. The fourth-order valence-electron chi connectivity index (χ4n) is 1.45. The highest BCUT2D eigenvalue weighted by Crippen LogP contribution is 2.47.